The van der Waals surface area contributed by atoms with Gasteiger partial charge in [-0.15, -0.1) is 0 Å². The summed E-state index contributed by atoms with van der Waals surface area (Å²) in [6, 6.07) is 139. The third-order valence-corrected chi connectivity index (χ3v) is 32.0. The van der Waals surface area contributed by atoms with Crippen LogP contribution in [0.15, 0.2) is 431 Å². The average Bonchev–Trinajstić information content (AvgIpc) is 0.640. The summed E-state index contributed by atoms with van der Waals surface area (Å²) in [6.45, 7) is 14.6. The molecule has 147 heavy (non-hydrogen) atoms. The molecule has 0 aliphatic heterocycles. The van der Waals surface area contributed by atoms with Gasteiger partial charge in [0.2, 0.25) is 22.8 Å². The first kappa shape index (κ1) is 78.8. The molecule has 0 radical (unpaired) electrons. The minimum atomic E-state index is -2.33. The van der Waals surface area contributed by atoms with Crippen molar-refractivity contribution in [3.05, 3.63) is 615 Å². The minimum absolute atomic E-state index is 0.258. The highest BCUT2D eigenvalue weighted by Gasteiger charge is 2.47. The summed E-state index contributed by atoms with van der Waals surface area (Å²) in [5.74, 6) is -8.74. The molecule has 0 fully saturated rings. The summed E-state index contributed by atoms with van der Waals surface area (Å²) < 4.78 is 114. The first-order valence-electron chi connectivity index (χ1n) is 56.8. The van der Waals surface area contributed by atoms with Crippen LogP contribution in [0.25, 0.3) is 101 Å². The fourth-order valence-electron chi connectivity index (χ4n) is 24.8. The van der Waals surface area contributed by atoms with Gasteiger partial charge in [-0.2, -0.15) is 0 Å². The van der Waals surface area contributed by atoms with Gasteiger partial charge >= 0.3 is 0 Å². The van der Waals surface area contributed by atoms with Crippen molar-refractivity contribution in [2.75, 3.05) is 0 Å². The van der Waals surface area contributed by atoms with Gasteiger partial charge in [-0.1, -0.05) is 321 Å². The van der Waals surface area contributed by atoms with Gasteiger partial charge in [0.25, 0.3) is 0 Å². The Labute approximate surface area is 880 Å². The summed E-state index contributed by atoms with van der Waals surface area (Å²) in [6.07, 6.45) is 8.06. The SMILES string of the molecule is [2H]C([2H])([2H])c1c[n+](C)c(-c2ccccc2C)cc1-c1ccc2c(c1)C1([2H])c3ccccc3C2([2H])c2ccccc21.[2H]C12c3ccccc3C([2H])(c3cc(C)ccc31)c1c(C)cc(-c3cc[n+](C)c(-c4ccccc4C)c3)cc12.[2H]C12c3ccccc3C([2H])(c3ccc(-c4ccccc4)cc31)c1cc(-c3cc[n+](C)c(-c4ccccc4C)c3)ccc12.[2H]C12c3ccccc3C([2H])(c3ccc(C)cc31)c1cc(-c3cc[n+](C)c(-c4ccccc4C)c3)c(C)cc12. The van der Waals surface area contributed by atoms with Gasteiger partial charge in [0.05, 0.1) is 0 Å². The van der Waals surface area contributed by atoms with E-state index in [1.807, 2.05) is 169 Å². The lowest BCUT2D eigenvalue weighted by Gasteiger charge is -2.43. The Bertz CT molecular complexity index is 9660. The number of rotatable bonds is 9. The molecule has 4 nitrogen and oxygen atoms in total. The molecule has 4 heterocycles. The number of aryl methyl sites for hydroxylation is 13. The van der Waals surface area contributed by atoms with Crippen molar-refractivity contribution in [3.8, 4) is 101 Å². The van der Waals surface area contributed by atoms with Crippen molar-refractivity contribution in [2.24, 2.45) is 28.2 Å². The van der Waals surface area contributed by atoms with Crippen LogP contribution in [0.4, 0.5) is 0 Å². The van der Waals surface area contributed by atoms with Crippen LogP contribution in [-0.2, 0) is 28.2 Å². The summed E-state index contributed by atoms with van der Waals surface area (Å²) in [5, 5.41) is 0. The molecule has 33 rings (SSSR count). The molecular formula is C143H118N4+4. The van der Waals surface area contributed by atoms with E-state index in [2.05, 4.69) is 358 Å². The molecule has 0 amide bonds. The van der Waals surface area contributed by atoms with Crippen LogP contribution >= 0.6 is 0 Å². The number of aromatic nitrogens is 4. The quantitative estimate of drug-likeness (QED) is 0.128. The van der Waals surface area contributed by atoms with Crippen LogP contribution in [0.2, 0.25) is 0 Å². The van der Waals surface area contributed by atoms with Crippen LogP contribution in [0.1, 0.15) is 246 Å². The van der Waals surface area contributed by atoms with Crippen LogP contribution < -0.4 is 18.3 Å². The topological polar surface area (TPSA) is 15.5 Å². The Morgan fingerprint density at radius 3 is 0.864 bits per heavy atom. The van der Waals surface area contributed by atoms with E-state index in [0.29, 0.717) is 5.56 Å². The highest BCUT2D eigenvalue weighted by Crippen LogP contribution is 2.63. The van der Waals surface area contributed by atoms with Crippen LogP contribution in [0.5, 0.6) is 0 Å². The molecule has 12 aliphatic carbocycles. The zero-order valence-corrected chi connectivity index (χ0v) is 84.8. The highest BCUT2D eigenvalue weighted by atomic mass is 14.9. The van der Waals surface area contributed by atoms with E-state index in [1.165, 1.54) is 33.4 Å². The van der Waals surface area contributed by atoms with Crippen molar-refractivity contribution in [1.82, 2.24) is 0 Å². The van der Waals surface area contributed by atoms with Crippen molar-refractivity contribution in [2.45, 2.75) is 109 Å². The summed E-state index contributed by atoms with van der Waals surface area (Å²) >= 11 is 0. The van der Waals surface area contributed by atoms with E-state index in [-0.39, 0.29) is 5.56 Å². The standard InChI is InChI=1S/C39H30N.2C35H30N.C34H28N/c1-25-10-6-7-13-30(25)37-24-29(20-21-40(37)2)28-17-19-34-36(23-28)39-32-15-9-8-14-31(32)38(34)35-22-27(16-18-33(35)39)26-11-4-3-5-12-26;1-21-13-14-29-30(17-21)35-28-12-8-7-11-27(28)34(29)31-19-25(18-23(3)33(31)35)24-15-16-36(4)32(20-24)26-10-6-5-9-22(26)2;1-21-13-14-28-30(17-21)35-27-12-8-7-11-26(27)34(28)32-20-29(23(3)18-31(32)35)24-15-16-36(4)33(19-24)25-10-6-5-9-22(25)2;1-21-10-4-5-11-24(21)32-19-30(22(2)20-35(32)3)23-16-17-29-31(18-23)34-27-14-8-6-12-25(27)33(29)26-13-7-9-15-28(26)34/h3-24,38-39H,1-2H3;2*5-20,34-35H,1-4H3;4-20,33-34H,1-3H3/q4*+1/i38D,39D;2*34D,35D;2D3,33D,34D. The van der Waals surface area contributed by atoms with E-state index in [9.17, 15) is 11.0 Å². The van der Waals surface area contributed by atoms with E-state index in [4.69, 9.17) is 4.11 Å². The Balaban J connectivity index is 0.000000105. The summed E-state index contributed by atoms with van der Waals surface area (Å²) in [5.41, 5.74) is 50.2. The Morgan fingerprint density at radius 1 is 0.170 bits per heavy atom. The molecule has 4 aromatic heterocycles. The van der Waals surface area contributed by atoms with Crippen LogP contribution in [0.3, 0.4) is 0 Å². The van der Waals surface area contributed by atoms with Gasteiger partial charge in [0.1, 0.15) is 28.2 Å². The molecule has 0 saturated heterocycles. The van der Waals surface area contributed by atoms with Crippen molar-refractivity contribution in [1.29, 1.82) is 0 Å². The molecule has 8 bridgehead atoms. The molecule has 17 aromatic carbocycles. The molecule has 0 N–H and O–H groups in total. The molecule has 4 heteroatoms. The second-order valence-electron chi connectivity index (χ2n) is 41.0. The molecular weight excluding hydrogens is 1770 g/mol. The largest absolute Gasteiger partial charge is 0.213 e. The number of pyridine rings is 4. The van der Waals surface area contributed by atoms with Crippen LogP contribution in [0, 0.1) is 62.2 Å². The molecule has 706 valence electrons. The first-order valence-corrected chi connectivity index (χ1v) is 51.3. The third-order valence-electron chi connectivity index (χ3n) is 32.0. The number of nitrogens with zero attached hydrogens (tertiary/aromatic N) is 4. The fourth-order valence-corrected chi connectivity index (χ4v) is 24.8. The maximum atomic E-state index is 10.2. The zero-order chi connectivity index (χ0) is 109. The number of hydrogen-bond acceptors (Lipinski definition) is 0. The third kappa shape index (κ3) is 15.0. The maximum absolute atomic E-state index is 10.2. The highest BCUT2D eigenvalue weighted by molar-refractivity contribution is 5.84. The molecule has 6 unspecified atom stereocenters. The summed E-state index contributed by atoms with van der Waals surface area (Å²) in [4.78, 5) is 0. The van der Waals surface area contributed by atoms with E-state index in [1.54, 1.807) is 6.20 Å². The molecule has 0 spiro atoms. The van der Waals surface area contributed by atoms with Crippen molar-refractivity contribution < 1.29 is 33.3 Å². The van der Waals surface area contributed by atoms with Crippen molar-refractivity contribution in [3.63, 3.8) is 0 Å². The number of hydrogen-bond donors (Lipinski definition) is 0. The zero-order valence-electron chi connectivity index (χ0n) is 95.8. The molecule has 6 atom stereocenters. The lowest BCUT2D eigenvalue weighted by atomic mass is 9.60. The normalized spacial score (nSPS) is 21.9. The van der Waals surface area contributed by atoms with Crippen LogP contribution in [-0.4, -0.2) is 0 Å². The Hall–Kier alpha value is -16.7. The van der Waals surface area contributed by atoms with E-state index < -0.39 is 54.0 Å². The predicted molar refractivity (Wildman–Crippen MR) is 601 cm³/mol. The number of benzene rings is 17. The van der Waals surface area contributed by atoms with E-state index in [0.717, 1.165) is 240 Å². The average molecular weight is 1900 g/mol. The monoisotopic (exact) mass is 1900 g/mol. The van der Waals surface area contributed by atoms with Gasteiger partial charge in [0.15, 0.2) is 24.8 Å². The second kappa shape index (κ2) is 36.0. The maximum Gasteiger partial charge on any atom is 0.213 e. The molecule has 0 saturated carbocycles. The molecule has 21 aromatic rings. The van der Waals surface area contributed by atoms with Gasteiger partial charge in [-0.05, 0) is 339 Å². The first-order chi connectivity index (χ1) is 75.9. The van der Waals surface area contributed by atoms with Gasteiger partial charge in [-0.25, -0.2) is 18.3 Å². The van der Waals surface area contributed by atoms with E-state index >= 15 is 0 Å². The summed E-state index contributed by atoms with van der Waals surface area (Å²) in [7, 11) is 8.13. The minimum Gasteiger partial charge on any atom is -0.201 e. The Morgan fingerprint density at radius 2 is 0.442 bits per heavy atom. The lowest BCUT2D eigenvalue weighted by molar-refractivity contribution is -0.660. The Kier molecular flexibility index (Phi) is 19.3. The smallest absolute Gasteiger partial charge is 0.201 e. The van der Waals surface area contributed by atoms with Crippen molar-refractivity contribution >= 4 is 0 Å². The van der Waals surface area contributed by atoms with Gasteiger partial charge in [0, 0.05) is 133 Å². The predicted octanol–water partition coefficient (Wildman–Crippen LogP) is 31.8. The second-order valence-corrected chi connectivity index (χ2v) is 41.0. The van der Waals surface area contributed by atoms with Gasteiger partial charge < -0.3 is 0 Å². The van der Waals surface area contributed by atoms with Gasteiger partial charge in [-0.3, -0.25) is 0 Å². The molecule has 12 aliphatic rings. The lowest BCUT2D eigenvalue weighted by Crippen LogP contribution is -2.31. The fraction of sp³-hybridized carbons (Fsp3) is 0.147.